The number of hydrogen-bond donors (Lipinski definition) is 2. The fraction of sp³-hybridized carbons (Fsp3) is 0.0455. The quantitative estimate of drug-likeness (QED) is 0.640. The lowest BCUT2D eigenvalue weighted by Gasteiger charge is -2.11. The van der Waals surface area contributed by atoms with Gasteiger partial charge in [-0.05, 0) is 42.5 Å². The zero-order chi connectivity index (χ0) is 19.8. The summed E-state index contributed by atoms with van der Waals surface area (Å²) < 4.78 is 5.16. The smallest absolute Gasteiger partial charge is 0.257 e. The summed E-state index contributed by atoms with van der Waals surface area (Å²) in [5.74, 6) is -0.0517. The lowest BCUT2D eigenvalue weighted by atomic mass is 10.1. The molecular weight excluding hydrogens is 354 g/mol. The van der Waals surface area contributed by atoms with E-state index in [0.717, 1.165) is 0 Å². The molecule has 0 radical (unpaired) electrons. The minimum atomic E-state index is -0.354. The van der Waals surface area contributed by atoms with Crippen LogP contribution in [0.4, 0.5) is 11.4 Å². The van der Waals surface area contributed by atoms with Crippen LogP contribution in [0.1, 0.15) is 16.1 Å². The number of carbonyl (C=O) groups excluding carboxylic acids is 2. The number of hydrogen-bond acceptors (Lipinski definition) is 4. The first-order valence-corrected chi connectivity index (χ1v) is 8.60. The Balaban J connectivity index is 1.72. The summed E-state index contributed by atoms with van der Waals surface area (Å²) in [5, 5.41) is 5.54. The molecule has 1 heterocycles. The molecule has 2 N–H and O–H groups in total. The Kier molecular flexibility index (Phi) is 6.15. The first-order valence-electron chi connectivity index (χ1n) is 8.60. The van der Waals surface area contributed by atoms with E-state index < -0.39 is 0 Å². The predicted molar refractivity (Wildman–Crippen MR) is 109 cm³/mol. The zero-order valence-electron chi connectivity index (χ0n) is 15.3. The maximum absolute atomic E-state index is 12.7. The number of anilines is 2. The Bertz CT molecular complexity index is 1000. The van der Waals surface area contributed by atoms with Crippen LogP contribution in [-0.2, 0) is 4.79 Å². The summed E-state index contributed by atoms with van der Waals surface area (Å²) >= 11 is 0. The third-order valence-corrected chi connectivity index (χ3v) is 3.85. The molecule has 1 aromatic heterocycles. The molecule has 0 bridgehead atoms. The molecule has 6 nitrogen and oxygen atoms in total. The van der Waals surface area contributed by atoms with Crippen LogP contribution in [0, 0.1) is 0 Å². The maximum Gasteiger partial charge on any atom is 0.257 e. The third-order valence-electron chi connectivity index (χ3n) is 3.85. The number of nitrogens with one attached hydrogen (secondary N) is 2. The van der Waals surface area contributed by atoms with E-state index in [0.29, 0.717) is 28.4 Å². The largest absolute Gasteiger partial charge is 0.497 e. The second-order valence-corrected chi connectivity index (χ2v) is 5.81. The predicted octanol–water partition coefficient (Wildman–Crippen LogP) is 3.99. The molecule has 0 spiro atoms. The van der Waals surface area contributed by atoms with Gasteiger partial charge in [-0.25, -0.2) is 0 Å². The lowest BCUT2D eigenvalue weighted by molar-refractivity contribution is -0.111. The number of amides is 2. The van der Waals surface area contributed by atoms with E-state index >= 15 is 0 Å². The van der Waals surface area contributed by atoms with Crippen LogP contribution in [-0.4, -0.2) is 23.9 Å². The fourth-order valence-electron chi connectivity index (χ4n) is 2.50. The van der Waals surface area contributed by atoms with Gasteiger partial charge in [0, 0.05) is 24.0 Å². The Hall–Kier alpha value is -3.93. The van der Waals surface area contributed by atoms with Crippen LogP contribution in [0.25, 0.3) is 6.08 Å². The molecule has 0 aliphatic heterocycles. The number of rotatable bonds is 6. The monoisotopic (exact) mass is 373 g/mol. The van der Waals surface area contributed by atoms with Crippen molar-refractivity contribution in [2.45, 2.75) is 0 Å². The van der Waals surface area contributed by atoms with Crippen LogP contribution in [0.5, 0.6) is 5.75 Å². The Morgan fingerprint density at radius 2 is 1.79 bits per heavy atom. The highest BCUT2D eigenvalue weighted by Gasteiger charge is 2.13. The van der Waals surface area contributed by atoms with Crippen molar-refractivity contribution in [1.82, 2.24) is 4.98 Å². The highest BCUT2D eigenvalue weighted by atomic mass is 16.5. The molecule has 6 heteroatoms. The van der Waals surface area contributed by atoms with E-state index in [1.165, 1.54) is 6.08 Å². The molecule has 0 saturated carbocycles. The van der Waals surface area contributed by atoms with E-state index in [-0.39, 0.29) is 11.8 Å². The van der Waals surface area contributed by atoms with Crippen molar-refractivity contribution in [2.75, 3.05) is 17.7 Å². The summed E-state index contributed by atoms with van der Waals surface area (Å²) in [6.07, 6.45) is 4.63. The average molecular weight is 373 g/mol. The Morgan fingerprint density at radius 3 is 2.57 bits per heavy atom. The summed E-state index contributed by atoms with van der Waals surface area (Å²) in [6.45, 7) is 0. The van der Waals surface area contributed by atoms with E-state index in [4.69, 9.17) is 4.74 Å². The SMILES string of the molecule is COc1cccc(NC(=O)c2ccccc2NC(=O)C=Cc2ccccn2)c1. The molecule has 140 valence electrons. The van der Waals surface area contributed by atoms with Crippen LogP contribution >= 0.6 is 0 Å². The molecule has 3 rings (SSSR count). The van der Waals surface area contributed by atoms with Gasteiger partial charge in [-0.3, -0.25) is 14.6 Å². The Labute approximate surface area is 162 Å². The van der Waals surface area contributed by atoms with Crippen molar-refractivity contribution in [1.29, 1.82) is 0 Å². The number of methoxy groups -OCH3 is 1. The Morgan fingerprint density at radius 1 is 0.964 bits per heavy atom. The van der Waals surface area contributed by atoms with Gasteiger partial charge in [0.25, 0.3) is 5.91 Å². The molecule has 0 unspecified atom stereocenters. The highest BCUT2D eigenvalue weighted by Crippen LogP contribution is 2.20. The normalized spacial score (nSPS) is 10.5. The zero-order valence-corrected chi connectivity index (χ0v) is 15.3. The van der Waals surface area contributed by atoms with E-state index in [9.17, 15) is 9.59 Å². The standard InChI is InChI=1S/C22H19N3O3/c1-28-18-9-6-8-17(15-18)24-22(27)19-10-2-3-11-20(19)25-21(26)13-12-16-7-4-5-14-23-16/h2-15H,1H3,(H,24,27)(H,25,26). The summed E-state index contributed by atoms with van der Waals surface area (Å²) in [5.41, 5.74) is 2.03. The van der Waals surface area contributed by atoms with Gasteiger partial charge >= 0.3 is 0 Å². The van der Waals surface area contributed by atoms with E-state index in [1.54, 1.807) is 80.0 Å². The lowest BCUT2D eigenvalue weighted by Crippen LogP contribution is -2.17. The molecule has 0 aliphatic carbocycles. The molecule has 28 heavy (non-hydrogen) atoms. The second kappa shape index (κ2) is 9.14. The van der Waals surface area contributed by atoms with Gasteiger partial charge in [-0.15, -0.1) is 0 Å². The minimum Gasteiger partial charge on any atom is -0.497 e. The highest BCUT2D eigenvalue weighted by molar-refractivity contribution is 6.11. The number of para-hydroxylation sites is 1. The number of benzene rings is 2. The average Bonchev–Trinajstić information content (AvgIpc) is 2.73. The van der Waals surface area contributed by atoms with Gasteiger partial charge in [-0.1, -0.05) is 24.3 Å². The molecule has 3 aromatic rings. The number of ether oxygens (including phenoxy) is 1. The summed E-state index contributed by atoms with van der Waals surface area (Å²) in [7, 11) is 1.56. The second-order valence-electron chi connectivity index (χ2n) is 5.81. The van der Waals surface area contributed by atoms with Crippen molar-refractivity contribution in [3.63, 3.8) is 0 Å². The molecular formula is C22H19N3O3. The van der Waals surface area contributed by atoms with Crippen LogP contribution < -0.4 is 15.4 Å². The van der Waals surface area contributed by atoms with Crippen molar-refractivity contribution >= 4 is 29.3 Å². The minimum absolute atomic E-state index is 0.335. The van der Waals surface area contributed by atoms with Crippen LogP contribution in [0.3, 0.4) is 0 Å². The van der Waals surface area contributed by atoms with Crippen LogP contribution in [0.15, 0.2) is 79.0 Å². The first-order chi connectivity index (χ1) is 13.7. The fourth-order valence-corrected chi connectivity index (χ4v) is 2.50. The van der Waals surface area contributed by atoms with Crippen LogP contribution in [0.2, 0.25) is 0 Å². The van der Waals surface area contributed by atoms with E-state index in [1.807, 2.05) is 6.07 Å². The molecule has 2 aromatic carbocycles. The van der Waals surface area contributed by atoms with Gasteiger partial charge in [0.1, 0.15) is 5.75 Å². The number of nitrogens with zero attached hydrogens (tertiary/aromatic N) is 1. The number of carbonyl (C=O) groups is 2. The van der Waals surface area contributed by atoms with Gasteiger partial charge in [0.05, 0.1) is 24.1 Å². The maximum atomic E-state index is 12.7. The number of aromatic nitrogens is 1. The van der Waals surface area contributed by atoms with Crippen molar-refractivity contribution in [3.8, 4) is 5.75 Å². The molecule has 2 amide bonds. The van der Waals surface area contributed by atoms with Crippen molar-refractivity contribution in [2.24, 2.45) is 0 Å². The molecule has 0 aliphatic rings. The molecule has 0 saturated heterocycles. The third kappa shape index (κ3) is 5.04. The van der Waals surface area contributed by atoms with Gasteiger partial charge in [0.15, 0.2) is 0 Å². The first kappa shape index (κ1) is 18.8. The van der Waals surface area contributed by atoms with Gasteiger partial charge in [-0.2, -0.15) is 0 Å². The van der Waals surface area contributed by atoms with Gasteiger partial charge in [0.2, 0.25) is 5.91 Å². The van der Waals surface area contributed by atoms with Crippen molar-refractivity contribution < 1.29 is 14.3 Å². The summed E-state index contributed by atoms with van der Waals surface area (Å²) in [4.78, 5) is 29.0. The van der Waals surface area contributed by atoms with E-state index in [2.05, 4.69) is 15.6 Å². The number of pyridine rings is 1. The van der Waals surface area contributed by atoms with Crippen molar-refractivity contribution in [3.05, 3.63) is 90.3 Å². The molecule has 0 fully saturated rings. The van der Waals surface area contributed by atoms with Gasteiger partial charge < -0.3 is 15.4 Å². The molecule has 0 atom stereocenters. The topological polar surface area (TPSA) is 80.3 Å². The summed E-state index contributed by atoms with van der Waals surface area (Å²) in [6, 6.07) is 19.3.